The molecule has 0 bridgehead atoms. The number of rotatable bonds is 4. The number of amides is 1. The van der Waals surface area contributed by atoms with Gasteiger partial charge in [-0.25, -0.2) is 4.79 Å². The molecule has 1 amide bonds. The van der Waals surface area contributed by atoms with E-state index in [2.05, 4.69) is 4.74 Å². The fraction of sp³-hybridized carbons (Fsp3) is 0.429. The van der Waals surface area contributed by atoms with Crippen molar-refractivity contribution < 1.29 is 28.6 Å². The molecule has 1 aliphatic heterocycles. The molecule has 1 aliphatic carbocycles. The minimum absolute atomic E-state index is 0.107. The van der Waals surface area contributed by atoms with Gasteiger partial charge in [0.25, 0.3) is 5.91 Å². The number of aliphatic hydroxyl groups is 1. The maximum atomic E-state index is 12.5. The van der Waals surface area contributed by atoms with Crippen molar-refractivity contribution in [1.82, 2.24) is 4.90 Å². The molecule has 4 rings (SSSR count). The normalized spacial score (nSPS) is 26.6. The number of methoxy groups -OCH3 is 1. The molecule has 2 heterocycles. The van der Waals surface area contributed by atoms with Crippen LogP contribution >= 0.6 is 0 Å². The van der Waals surface area contributed by atoms with Gasteiger partial charge in [0, 0.05) is 13.1 Å². The lowest BCUT2D eigenvalue weighted by molar-refractivity contribution is -0.0231. The molecule has 1 aromatic heterocycles. The Balaban J connectivity index is 1.39. The van der Waals surface area contributed by atoms with Crippen LogP contribution in [0.3, 0.4) is 0 Å². The van der Waals surface area contributed by atoms with Crippen molar-refractivity contribution in [2.75, 3.05) is 20.2 Å². The molecule has 2 fully saturated rings. The second-order valence-electron chi connectivity index (χ2n) is 7.42. The van der Waals surface area contributed by atoms with E-state index >= 15 is 0 Å². The van der Waals surface area contributed by atoms with E-state index in [1.54, 1.807) is 41.3 Å². The number of furan rings is 1. The number of aliphatic hydroxyl groups excluding tert-OH is 1. The predicted molar refractivity (Wildman–Crippen MR) is 99.0 cm³/mol. The molecular weight excluding hydrogens is 362 g/mol. The molecule has 1 saturated carbocycles. The van der Waals surface area contributed by atoms with Crippen LogP contribution in [0.4, 0.5) is 0 Å². The van der Waals surface area contributed by atoms with Gasteiger partial charge in [-0.05, 0) is 61.1 Å². The van der Waals surface area contributed by atoms with Crippen LogP contribution in [0.2, 0.25) is 0 Å². The average Bonchev–Trinajstić information content (AvgIpc) is 3.37. The monoisotopic (exact) mass is 385 g/mol. The zero-order chi connectivity index (χ0) is 19.7. The lowest BCUT2D eigenvalue weighted by Gasteiger charge is -2.35. The van der Waals surface area contributed by atoms with Gasteiger partial charge in [0.05, 0.1) is 25.0 Å². The van der Waals surface area contributed by atoms with Crippen molar-refractivity contribution in [1.29, 1.82) is 0 Å². The number of carbonyl (C=O) groups excluding carboxylic acids is 2. The molecule has 2 aliphatic rings. The largest absolute Gasteiger partial charge is 0.488 e. The number of ether oxygens (including phenoxy) is 2. The summed E-state index contributed by atoms with van der Waals surface area (Å²) in [5.74, 6) is 0.968. The fourth-order valence-corrected chi connectivity index (χ4v) is 4.20. The summed E-state index contributed by atoms with van der Waals surface area (Å²) in [4.78, 5) is 25.8. The quantitative estimate of drug-likeness (QED) is 0.813. The molecule has 0 spiro atoms. The Morgan fingerprint density at radius 1 is 1.11 bits per heavy atom. The molecule has 28 heavy (non-hydrogen) atoms. The smallest absolute Gasteiger partial charge is 0.337 e. The van der Waals surface area contributed by atoms with Crippen LogP contribution in [0.25, 0.3) is 0 Å². The second kappa shape index (κ2) is 7.67. The summed E-state index contributed by atoms with van der Waals surface area (Å²) in [5.41, 5.74) is 0.446. The second-order valence-corrected chi connectivity index (χ2v) is 7.42. The van der Waals surface area contributed by atoms with Crippen molar-refractivity contribution in [3.63, 3.8) is 0 Å². The highest BCUT2D eigenvalue weighted by Gasteiger charge is 2.44. The highest BCUT2D eigenvalue weighted by atomic mass is 16.5. The molecule has 0 unspecified atom stereocenters. The number of carbonyl (C=O) groups is 2. The highest BCUT2D eigenvalue weighted by Crippen LogP contribution is 2.38. The summed E-state index contributed by atoms with van der Waals surface area (Å²) in [6.07, 6.45) is 1.82. The topological polar surface area (TPSA) is 89.2 Å². The molecule has 1 saturated heterocycles. The van der Waals surface area contributed by atoms with E-state index in [-0.39, 0.29) is 23.8 Å². The number of hydrogen-bond acceptors (Lipinski definition) is 6. The van der Waals surface area contributed by atoms with Crippen LogP contribution in [-0.4, -0.2) is 54.3 Å². The Labute approximate surface area is 162 Å². The number of nitrogens with zero attached hydrogens (tertiary/aromatic N) is 1. The van der Waals surface area contributed by atoms with Gasteiger partial charge in [-0.1, -0.05) is 0 Å². The predicted octanol–water partition coefficient (Wildman–Crippen LogP) is 2.36. The van der Waals surface area contributed by atoms with Crippen LogP contribution in [0.5, 0.6) is 5.75 Å². The lowest BCUT2D eigenvalue weighted by atomic mass is 9.78. The zero-order valence-corrected chi connectivity index (χ0v) is 15.6. The van der Waals surface area contributed by atoms with Gasteiger partial charge < -0.3 is 23.9 Å². The standard InChI is InChI=1S/C21H23NO6/c1-26-21(25)13-4-6-16(7-5-13)28-19-10-15-12-22(11-14(15)9-17(19)23)20(24)18-3-2-8-27-18/h2-8,14-15,17,19,23H,9-12H2,1H3/t14-,15+,17-,19-/m0/s1. The average molecular weight is 385 g/mol. The summed E-state index contributed by atoms with van der Waals surface area (Å²) in [6, 6.07) is 10.1. The Kier molecular flexibility index (Phi) is 5.09. The maximum absolute atomic E-state index is 12.5. The third kappa shape index (κ3) is 3.62. The van der Waals surface area contributed by atoms with E-state index in [1.165, 1.54) is 13.4 Å². The van der Waals surface area contributed by atoms with Crippen LogP contribution in [0.15, 0.2) is 47.1 Å². The van der Waals surface area contributed by atoms with Gasteiger partial charge >= 0.3 is 5.97 Å². The zero-order valence-electron chi connectivity index (χ0n) is 15.6. The minimum Gasteiger partial charge on any atom is -0.488 e. The first-order chi connectivity index (χ1) is 13.5. The number of likely N-dealkylation sites (tertiary alicyclic amines) is 1. The molecule has 7 nitrogen and oxygen atoms in total. The summed E-state index contributed by atoms with van der Waals surface area (Å²) in [7, 11) is 1.34. The Morgan fingerprint density at radius 2 is 1.82 bits per heavy atom. The van der Waals surface area contributed by atoms with Crippen LogP contribution in [0.1, 0.15) is 33.8 Å². The highest BCUT2D eigenvalue weighted by molar-refractivity contribution is 5.91. The molecule has 7 heteroatoms. The number of esters is 1. The van der Waals surface area contributed by atoms with Crippen molar-refractivity contribution in [2.45, 2.75) is 25.0 Å². The first-order valence-electron chi connectivity index (χ1n) is 9.41. The van der Waals surface area contributed by atoms with Crippen LogP contribution < -0.4 is 4.74 Å². The Bertz CT molecular complexity index is 831. The maximum Gasteiger partial charge on any atom is 0.337 e. The van der Waals surface area contributed by atoms with Gasteiger partial charge in [-0.2, -0.15) is 0 Å². The van der Waals surface area contributed by atoms with Gasteiger partial charge in [-0.15, -0.1) is 0 Å². The number of benzene rings is 1. The van der Waals surface area contributed by atoms with E-state index in [0.29, 0.717) is 43.0 Å². The molecule has 2 aromatic rings. The van der Waals surface area contributed by atoms with Crippen LogP contribution in [0, 0.1) is 11.8 Å². The Hall–Kier alpha value is -2.80. The van der Waals surface area contributed by atoms with Gasteiger partial charge in [0.1, 0.15) is 11.9 Å². The number of hydrogen-bond donors (Lipinski definition) is 1. The number of fused-ring (bicyclic) bond motifs is 1. The van der Waals surface area contributed by atoms with Crippen molar-refractivity contribution in [2.24, 2.45) is 11.8 Å². The molecule has 4 atom stereocenters. The van der Waals surface area contributed by atoms with Crippen molar-refractivity contribution in [3.8, 4) is 5.75 Å². The molecule has 1 aromatic carbocycles. The summed E-state index contributed by atoms with van der Waals surface area (Å²) < 4.78 is 15.9. The summed E-state index contributed by atoms with van der Waals surface area (Å²) in [5, 5.41) is 10.5. The minimum atomic E-state index is -0.597. The Morgan fingerprint density at radius 3 is 2.46 bits per heavy atom. The van der Waals surface area contributed by atoms with Crippen molar-refractivity contribution in [3.05, 3.63) is 54.0 Å². The SMILES string of the molecule is COC(=O)c1ccc(O[C@H]2C[C@@H]3CN(C(=O)c4ccco4)C[C@@H]3C[C@@H]2O)cc1. The van der Waals surface area contributed by atoms with E-state index in [0.717, 1.165) is 0 Å². The third-order valence-corrected chi connectivity index (χ3v) is 5.67. The van der Waals surface area contributed by atoms with E-state index in [4.69, 9.17) is 9.15 Å². The first-order valence-corrected chi connectivity index (χ1v) is 9.41. The van der Waals surface area contributed by atoms with E-state index in [9.17, 15) is 14.7 Å². The molecule has 0 radical (unpaired) electrons. The molecule has 1 N–H and O–H groups in total. The van der Waals surface area contributed by atoms with Gasteiger partial charge in [-0.3, -0.25) is 4.79 Å². The molecular formula is C21H23NO6. The first kappa shape index (κ1) is 18.6. The fourth-order valence-electron chi connectivity index (χ4n) is 4.20. The van der Waals surface area contributed by atoms with Gasteiger partial charge in [0.2, 0.25) is 0 Å². The summed E-state index contributed by atoms with van der Waals surface area (Å²) in [6.45, 7) is 1.26. The van der Waals surface area contributed by atoms with E-state index in [1.807, 2.05) is 0 Å². The molecule has 148 valence electrons. The van der Waals surface area contributed by atoms with Crippen LogP contribution in [-0.2, 0) is 4.74 Å². The van der Waals surface area contributed by atoms with E-state index < -0.39 is 12.1 Å². The summed E-state index contributed by atoms with van der Waals surface area (Å²) >= 11 is 0. The third-order valence-electron chi connectivity index (χ3n) is 5.67. The van der Waals surface area contributed by atoms with Gasteiger partial charge in [0.15, 0.2) is 5.76 Å². The van der Waals surface area contributed by atoms with Crippen molar-refractivity contribution >= 4 is 11.9 Å². The lowest BCUT2D eigenvalue weighted by Crippen LogP contribution is -2.42.